The Bertz CT molecular complexity index is 1290. The van der Waals surface area contributed by atoms with Crippen LogP contribution in [-0.2, 0) is 4.74 Å². The van der Waals surface area contributed by atoms with Crippen molar-refractivity contribution in [2.24, 2.45) is 0 Å². The Hall–Kier alpha value is -1.64. The average Bonchev–Trinajstić information content (AvgIpc) is 3.38. The number of aromatic amines is 1. The summed E-state index contributed by atoms with van der Waals surface area (Å²) < 4.78 is 10.8. The van der Waals surface area contributed by atoms with Crippen molar-refractivity contribution >= 4 is 47.8 Å². The van der Waals surface area contributed by atoms with E-state index in [9.17, 15) is 19.8 Å². The van der Waals surface area contributed by atoms with Crippen LogP contribution >= 0.6 is 47.8 Å². The molecule has 170 valence electrons. The molecule has 0 amide bonds. The van der Waals surface area contributed by atoms with Crippen molar-refractivity contribution < 1.29 is 14.9 Å². The standard InChI is InChI=1S/C19H18Br3N5O5/c1-7-14(20)8(2)16(22)17(15(7)21)27-5-10(24-25-27)9-4-26(19(31)23-18(9)30)13-3-11(29)12(6-28)32-13/h4-5,11-13,28-29H,3,6H2,1-2H3,(H,23,30,31)/t11-,12?,13-/m1/s1. The minimum atomic E-state index is -0.924. The van der Waals surface area contributed by atoms with Crippen LogP contribution in [0.4, 0.5) is 0 Å². The number of rotatable bonds is 4. The van der Waals surface area contributed by atoms with Crippen LogP contribution in [0.1, 0.15) is 23.8 Å². The molecule has 1 fully saturated rings. The van der Waals surface area contributed by atoms with Gasteiger partial charge in [0.15, 0.2) is 0 Å². The number of aromatic nitrogens is 5. The first-order chi connectivity index (χ1) is 15.1. The van der Waals surface area contributed by atoms with Gasteiger partial charge >= 0.3 is 5.69 Å². The number of aliphatic hydroxyl groups excluding tert-OH is 2. The number of H-pyrrole nitrogens is 1. The van der Waals surface area contributed by atoms with Crippen molar-refractivity contribution in [3.8, 4) is 16.9 Å². The fourth-order valence-electron chi connectivity index (χ4n) is 3.56. The Labute approximate surface area is 206 Å². The second kappa shape index (κ2) is 8.95. The zero-order chi connectivity index (χ0) is 23.3. The average molecular weight is 636 g/mol. The first kappa shape index (κ1) is 23.5. The number of nitrogens with zero attached hydrogens (tertiary/aromatic N) is 4. The quantitative estimate of drug-likeness (QED) is 0.401. The summed E-state index contributed by atoms with van der Waals surface area (Å²) in [4.78, 5) is 27.1. The summed E-state index contributed by atoms with van der Waals surface area (Å²) in [6, 6.07) is 0. The maximum atomic E-state index is 12.5. The largest absolute Gasteiger partial charge is 0.394 e. The third kappa shape index (κ3) is 3.94. The zero-order valence-electron chi connectivity index (χ0n) is 16.8. The van der Waals surface area contributed by atoms with Crippen LogP contribution in [0.5, 0.6) is 0 Å². The molecule has 2 aromatic heterocycles. The van der Waals surface area contributed by atoms with E-state index in [1.165, 1.54) is 15.4 Å². The second-order valence-corrected chi connectivity index (χ2v) is 9.79. The number of aliphatic hydroxyl groups is 2. The lowest BCUT2D eigenvalue weighted by Gasteiger charge is -2.15. The van der Waals surface area contributed by atoms with Gasteiger partial charge in [0.2, 0.25) is 0 Å². The van der Waals surface area contributed by atoms with Gasteiger partial charge in [-0.1, -0.05) is 21.1 Å². The number of ether oxygens (including phenoxy) is 1. The molecule has 10 nitrogen and oxygen atoms in total. The highest BCUT2D eigenvalue weighted by molar-refractivity contribution is 9.11. The lowest BCUT2D eigenvalue weighted by molar-refractivity contribution is -0.0458. The van der Waals surface area contributed by atoms with Gasteiger partial charge in [0, 0.05) is 26.0 Å². The van der Waals surface area contributed by atoms with Gasteiger partial charge in [0.05, 0.1) is 30.2 Å². The van der Waals surface area contributed by atoms with Crippen LogP contribution in [0.2, 0.25) is 0 Å². The first-order valence-corrected chi connectivity index (χ1v) is 11.9. The summed E-state index contributed by atoms with van der Waals surface area (Å²) in [5.41, 5.74) is 1.69. The smallest absolute Gasteiger partial charge is 0.330 e. The van der Waals surface area contributed by atoms with Crippen molar-refractivity contribution in [1.82, 2.24) is 24.5 Å². The Morgan fingerprint density at radius 3 is 2.41 bits per heavy atom. The minimum Gasteiger partial charge on any atom is -0.394 e. The fourth-order valence-corrected chi connectivity index (χ4v) is 5.91. The van der Waals surface area contributed by atoms with Crippen molar-refractivity contribution in [2.45, 2.75) is 38.7 Å². The molecular formula is C19H18Br3N5O5. The van der Waals surface area contributed by atoms with Gasteiger partial charge in [-0.2, -0.15) is 0 Å². The first-order valence-electron chi connectivity index (χ1n) is 9.50. The third-order valence-corrected chi connectivity index (χ3v) is 8.52. The molecule has 1 unspecified atom stereocenters. The number of benzene rings is 1. The molecule has 1 saturated heterocycles. The van der Waals surface area contributed by atoms with E-state index in [1.54, 1.807) is 6.20 Å². The molecule has 0 radical (unpaired) electrons. The molecular weight excluding hydrogens is 618 g/mol. The Balaban J connectivity index is 1.78. The normalized spacial score (nSPS) is 20.8. The van der Waals surface area contributed by atoms with Crippen molar-refractivity contribution in [3.63, 3.8) is 0 Å². The number of hydrogen-bond donors (Lipinski definition) is 3. The fraction of sp³-hybridized carbons (Fsp3) is 0.368. The molecule has 3 N–H and O–H groups in total. The van der Waals surface area contributed by atoms with Crippen LogP contribution in [0.3, 0.4) is 0 Å². The number of halogens is 3. The summed E-state index contributed by atoms with van der Waals surface area (Å²) in [5.74, 6) is 0. The van der Waals surface area contributed by atoms with Crippen molar-refractivity contribution in [2.75, 3.05) is 6.61 Å². The highest BCUT2D eigenvalue weighted by Gasteiger charge is 2.35. The molecule has 4 rings (SSSR count). The van der Waals surface area contributed by atoms with Crippen LogP contribution < -0.4 is 11.2 Å². The van der Waals surface area contributed by atoms with E-state index >= 15 is 0 Å². The topological polar surface area (TPSA) is 135 Å². The molecule has 0 spiro atoms. The molecule has 1 aromatic carbocycles. The van der Waals surface area contributed by atoms with Gasteiger partial charge in [-0.05, 0) is 56.8 Å². The van der Waals surface area contributed by atoms with Gasteiger partial charge < -0.3 is 14.9 Å². The van der Waals surface area contributed by atoms with Crippen molar-refractivity contribution in [1.29, 1.82) is 0 Å². The molecule has 1 aliphatic rings. The highest BCUT2D eigenvalue weighted by atomic mass is 79.9. The SMILES string of the molecule is Cc1c(Br)c(C)c(Br)c(-n2cc(-c3cn([C@H]4C[C@@H](O)C(CO)O4)c(=O)[nH]c3=O)nn2)c1Br. The molecule has 0 aliphatic carbocycles. The lowest BCUT2D eigenvalue weighted by Crippen LogP contribution is -2.33. The summed E-state index contributed by atoms with van der Waals surface area (Å²) in [5, 5.41) is 27.6. The summed E-state index contributed by atoms with van der Waals surface area (Å²) in [7, 11) is 0. The Kier molecular flexibility index (Phi) is 6.58. The van der Waals surface area contributed by atoms with Gasteiger partial charge in [0.1, 0.15) is 18.0 Å². The van der Waals surface area contributed by atoms with E-state index in [2.05, 4.69) is 63.1 Å². The molecule has 1 aliphatic heterocycles. The lowest BCUT2D eigenvalue weighted by atomic mass is 10.1. The van der Waals surface area contributed by atoms with Gasteiger partial charge in [-0.15, -0.1) is 5.10 Å². The van der Waals surface area contributed by atoms with E-state index < -0.39 is 29.7 Å². The molecule has 3 atom stereocenters. The minimum absolute atomic E-state index is 0.0979. The monoisotopic (exact) mass is 633 g/mol. The van der Waals surface area contributed by atoms with E-state index in [0.717, 1.165) is 24.5 Å². The summed E-state index contributed by atoms with van der Waals surface area (Å²) in [6.45, 7) is 3.52. The molecule has 0 bridgehead atoms. The molecule has 3 heterocycles. The van der Waals surface area contributed by atoms with Gasteiger partial charge in [0.25, 0.3) is 5.56 Å². The maximum absolute atomic E-state index is 12.5. The maximum Gasteiger partial charge on any atom is 0.330 e. The second-order valence-electron chi connectivity index (χ2n) is 7.41. The Morgan fingerprint density at radius 2 is 1.81 bits per heavy atom. The molecule has 13 heteroatoms. The molecule has 0 saturated carbocycles. The van der Waals surface area contributed by atoms with E-state index in [1.807, 2.05) is 13.8 Å². The van der Waals surface area contributed by atoms with Crippen LogP contribution in [0, 0.1) is 13.8 Å². The van der Waals surface area contributed by atoms with Crippen LogP contribution in [0.15, 0.2) is 35.4 Å². The summed E-state index contributed by atoms with van der Waals surface area (Å²) >= 11 is 10.8. The van der Waals surface area contributed by atoms with Crippen LogP contribution in [0.25, 0.3) is 16.9 Å². The van der Waals surface area contributed by atoms with Gasteiger partial charge in [-0.3, -0.25) is 14.3 Å². The van der Waals surface area contributed by atoms with Crippen LogP contribution in [-0.4, -0.2) is 53.6 Å². The number of hydrogen-bond acceptors (Lipinski definition) is 7. The summed E-state index contributed by atoms with van der Waals surface area (Å²) in [6.07, 6.45) is 0.446. The van der Waals surface area contributed by atoms with E-state index in [0.29, 0.717) is 5.69 Å². The number of nitrogens with one attached hydrogen (secondary N) is 1. The third-order valence-electron chi connectivity index (χ3n) is 5.39. The van der Waals surface area contributed by atoms with E-state index in [-0.39, 0.29) is 24.3 Å². The van der Waals surface area contributed by atoms with E-state index in [4.69, 9.17) is 4.74 Å². The highest BCUT2D eigenvalue weighted by Crippen LogP contribution is 2.40. The van der Waals surface area contributed by atoms with Crippen molar-refractivity contribution in [3.05, 3.63) is 57.8 Å². The zero-order valence-corrected chi connectivity index (χ0v) is 21.6. The molecule has 32 heavy (non-hydrogen) atoms. The molecule has 3 aromatic rings. The predicted molar refractivity (Wildman–Crippen MR) is 126 cm³/mol. The predicted octanol–water partition coefficient (Wildman–Crippen LogP) is 2.33. The Morgan fingerprint density at radius 1 is 1.16 bits per heavy atom. The van der Waals surface area contributed by atoms with Gasteiger partial charge in [-0.25, -0.2) is 9.48 Å².